The van der Waals surface area contributed by atoms with Crippen molar-refractivity contribution in [2.24, 2.45) is 11.8 Å². The minimum absolute atomic E-state index is 0.0356. The Morgan fingerprint density at radius 1 is 1.43 bits per heavy atom. The summed E-state index contributed by atoms with van der Waals surface area (Å²) in [6.45, 7) is 2.50. The van der Waals surface area contributed by atoms with Crippen molar-refractivity contribution in [2.75, 3.05) is 6.61 Å². The van der Waals surface area contributed by atoms with Crippen LogP contribution in [0.5, 0.6) is 0 Å². The SMILES string of the molecule is CCC1OCCC1C(NN)c1ccc(F)c(C(F)(F)F)c1. The average Bonchev–Trinajstić information content (AvgIpc) is 2.88. The summed E-state index contributed by atoms with van der Waals surface area (Å²) in [4.78, 5) is 0. The monoisotopic (exact) mass is 306 g/mol. The van der Waals surface area contributed by atoms with Crippen molar-refractivity contribution in [3.8, 4) is 0 Å². The van der Waals surface area contributed by atoms with Gasteiger partial charge in [-0.05, 0) is 30.5 Å². The molecule has 3 N–H and O–H groups in total. The zero-order valence-corrected chi connectivity index (χ0v) is 11.6. The summed E-state index contributed by atoms with van der Waals surface area (Å²) in [6.07, 6.45) is -3.34. The van der Waals surface area contributed by atoms with Gasteiger partial charge in [-0.2, -0.15) is 13.2 Å². The number of halogens is 4. The lowest BCUT2D eigenvalue weighted by molar-refractivity contribution is -0.140. The smallest absolute Gasteiger partial charge is 0.378 e. The van der Waals surface area contributed by atoms with E-state index in [1.807, 2.05) is 6.92 Å². The minimum Gasteiger partial charge on any atom is -0.378 e. The van der Waals surface area contributed by atoms with Crippen LogP contribution in [0.1, 0.15) is 36.9 Å². The molecule has 1 fully saturated rings. The Bertz CT molecular complexity index is 492. The van der Waals surface area contributed by atoms with Crippen molar-refractivity contribution in [3.63, 3.8) is 0 Å². The van der Waals surface area contributed by atoms with Crippen molar-refractivity contribution < 1.29 is 22.3 Å². The number of hydrazine groups is 1. The summed E-state index contributed by atoms with van der Waals surface area (Å²) in [7, 11) is 0. The van der Waals surface area contributed by atoms with Gasteiger partial charge in [0.2, 0.25) is 0 Å². The molecule has 1 heterocycles. The Balaban J connectivity index is 2.35. The van der Waals surface area contributed by atoms with Crippen molar-refractivity contribution >= 4 is 0 Å². The quantitative estimate of drug-likeness (QED) is 0.510. The molecule has 21 heavy (non-hydrogen) atoms. The third-order valence-corrected chi connectivity index (χ3v) is 3.93. The van der Waals surface area contributed by atoms with Crippen LogP contribution in [0.2, 0.25) is 0 Å². The molecule has 0 amide bonds. The van der Waals surface area contributed by atoms with Gasteiger partial charge in [-0.1, -0.05) is 13.0 Å². The third kappa shape index (κ3) is 3.36. The Kier molecular flexibility index (Phi) is 4.85. The molecule has 0 aliphatic carbocycles. The van der Waals surface area contributed by atoms with E-state index in [9.17, 15) is 17.6 Å². The predicted molar refractivity (Wildman–Crippen MR) is 69.6 cm³/mol. The molecule has 0 radical (unpaired) electrons. The lowest BCUT2D eigenvalue weighted by atomic mass is 9.86. The fraction of sp³-hybridized carbons (Fsp3) is 0.571. The predicted octanol–water partition coefficient (Wildman–Crippen LogP) is 3.16. The molecule has 118 valence electrons. The number of ether oxygens (including phenoxy) is 1. The molecule has 1 aliphatic rings. The number of nitrogens with two attached hydrogens (primary N) is 1. The van der Waals surface area contributed by atoms with Crippen LogP contribution < -0.4 is 11.3 Å². The summed E-state index contributed by atoms with van der Waals surface area (Å²) >= 11 is 0. The second kappa shape index (κ2) is 6.29. The highest BCUT2D eigenvalue weighted by molar-refractivity contribution is 5.30. The van der Waals surface area contributed by atoms with Crippen LogP contribution in [0.25, 0.3) is 0 Å². The Morgan fingerprint density at radius 3 is 2.71 bits per heavy atom. The molecular weight excluding hydrogens is 288 g/mol. The van der Waals surface area contributed by atoms with E-state index in [-0.39, 0.29) is 12.0 Å². The summed E-state index contributed by atoms with van der Waals surface area (Å²) in [5.41, 5.74) is 1.60. The first kappa shape index (κ1) is 16.2. The maximum atomic E-state index is 13.4. The van der Waals surface area contributed by atoms with Gasteiger partial charge < -0.3 is 4.74 Å². The van der Waals surface area contributed by atoms with Gasteiger partial charge in [0.1, 0.15) is 5.82 Å². The second-order valence-electron chi connectivity index (χ2n) is 5.15. The third-order valence-electron chi connectivity index (χ3n) is 3.93. The van der Waals surface area contributed by atoms with Crippen LogP contribution in [-0.4, -0.2) is 12.7 Å². The van der Waals surface area contributed by atoms with Crippen molar-refractivity contribution in [2.45, 2.75) is 38.1 Å². The second-order valence-corrected chi connectivity index (χ2v) is 5.15. The molecular formula is C14H18F4N2O. The molecule has 3 atom stereocenters. The number of alkyl halides is 3. The molecule has 0 aromatic heterocycles. The van der Waals surface area contributed by atoms with Gasteiger partial charge in [-0.25, -0.2) is 4.39 Å². The highest BCUT2D eigenvalue weighted by Crippen LogP contribution is 2.37. The van der Waals surface area contributed by atoms with Gasteiger partial charge >= 0.3 is 6.18 Å². The lowest BCUT2D eigenvalue weighted by Gasteiger charge is -2.27. The summed E-state index contributed by atoms with van der Waals surface area (Å²) < 4.78 is 57.3. The van der Waals surface area contributed by atoms with Gasteiger partial charge in [-0.3, -0.25) is 11.3 Å². The molecule has 0 saturated carbocycles. The molecule has 1 aromatic rings. The lowest BCUT2D eigenvalue weighted by Crippen LogP contribution is -2.37. The van der Waals surface area contributed by atoms with Gasteiger partial charge in [0.25, 0.3) is 0 Å². The molecule has 1 saturated heterocycles. The summed E-state index contributed by atoms with van der Waals surface area (Å²) in [5, 5.41) is 0. The molecule has 0 spiro atoms. The molecule has 2 rings (SSSR count). The normalized spacial score (nSPS) is 24.3. The van der Waals surface area contributed by atoms with Crippen LogP contribution in [0, 0.1) is 11.7 Å². The van der Waals surface area contributed by atoms with Crippen molar-refractivity contribution in [1.29, 1.82) is 0 Å². The van der Waals surface area contributed by atoms with Gasteiger partial charge in [0, 0.05) is 12.5 Å². The van der Waals surface area contributed by atoms with Crippen LogP contribution in [0.15, 0.2) is 18.2 Å². The zero-order valence-electron chi connectivity index (χ0n) is 11.6. The largest absolute Gasteiger partial charge is 0.419 e. The van der Waals surface area contributed by atoms with Gasteiger partial charge in [0.05, 0.1) is 17.7 Å². The van der Waals surface area contributed by atoms with Crippen LogP contribution in [0.4, 0.5) is 17.6 Å². The molecule has 3 nitrogen and oxygen atoms in total. The number of nitrogens with one attached hydrogen (secondary N) is 1. The highest BCUT2D eigenvalue weighted by atomic mass is 19.4. The first-order chi connectivity index (χ1) is 9.88. The van der Waals surface area contributed by atoms with E-state index in [0.717, 1.165) is 18.6 Å². The Morgan fingerprint density at radius 2 is 2.14 bits per heavy atom. The standard InChI is InChI=1S/C14H18F4N2O/c1-2-12-9(5-6-21-12)13(20-19)8-3-4-11(15)10(7-8)14(16,17)18/h3-4,7,9,12-13,20H,2,5-6,19H2,1H3. The topological polar surface area (TPSA) is 47.3 Å². The molecule has 0 bridgehead atoms. The number of benzene rings is 1. The fourth-order valence-electron chi connectivity index (χ4n) is 2.89. The first-order valence-electron chi connectivity index (χ1n) is 6.82. The maximum Gasteiger partial charge on any atom is 0.419 e. The van der Waals surface area contributed by atoms with E-state index < -0.39 is 23.6 Å². The van der Waals surface area contributed by atoms with Crippen molar-refractivity contribution in [1.82, 2.24) is 5.43 Å². The van der Waals surface area contributed by atoms with E-state index in [2.05, 4.69) is 5.43 Å². The summed E-state index contributed by atoms with van der Waals surface area (Å²) in [6, 6.07) is 2.49. The minimum atomic E-state index is -4.73. The molecule has 7 heteroatoms. The van der Waals surface area contributed by atoms with E-state index in [4.69, 9.17) is 10.6 Å². The average molecular weight is 306 g/mol. The van der Waals surface area contributed by atoms with Crippen LogP contribution in [-0.2, 0) is 10.9 Å². The van der Waals surface area contributed by atoms with E-state index >= 15 is 0 Å². The van der Waals surface area contributed by atoms with E-state index in [1.165, 1.54) is 6.07 Å². The van der Waals surface area contributed by atoms with Crippen LogP contribution in [0.3, 0.4) is 0 Å². The Labute approximate surface area is 120 Å². The van der Waals surface area contributed by atoms with Crippen LogP contribution >= 0.6 is 0 Å². The highest BCUT2D eigenvalue weighted by Gasteiger charge is 2.37. The van der Waals surface area contributed by atoms with E-state index in [0.29, 0.717) is 18.6 Å². The van der Waals surface area contributed by atoms with E-state index in [1.54, 1.807) is 0 Å². The van der Waals surface area contributed by atoms with Gasteiger partial charge in [-0.15, -0.1) is 0 Å². The molecule has 1 aromatic carbocycles. The number of hydrogen-bond donors (Lipinski definition) is 2. The molecule has 3 unspecified atom stereocenters. The maximum absolute atomic E-state index is 13.4. The Hall–Kier alpha value is -1.18. The number of rotatable bonds is 4. The number of hydrogen-bond acceptors (Lipinski definition) is 3. The fourth-order valence-corrected chi connectivity index (χ4v) is 2.89. The van der Waals surface area contributed by atoms with Crippen molar-refractivity contribution in [3.05, 3.63) is 35.1 Å². The summed E-state index contributed by atoms with van der Waals surface area (Å²) in [5.74, 6) is 4.20. The van der Waals surface area contributed by atoms with Gasteiger partial charge in [0.15, 0.2) is 0 Å². The molecule has 1 aliphatic heterocycles. The zero-order chi connectivity index (χ0) is 15.6. The first-order valence-corrected chi connectivity index (χ1v) is 6.82.